The van der Waals surface area contributed by atoms with Crippen molar-refractivity contribution in [3.63, 3.8) is 0 Å². The Hall–Kier alpha value is -0.0400. The highest BCUT2D eigenvalue weighted by Gasteiger charge is 1.54. The predicted octanol–water partition coefficient (Wildman–Crippen LogP) is 0.568. The summed E-state index contributed by atoms with van der Waals surface area (Å²) >= 11 is 0. The van der Waals surface area contributed by atoms with E-state index < -0.39 is 0 Å². The molecule has 0 aliphatic carbocycles. The molecular formula is C3H5O. The van der Waals surface area contributed by atoms with Crippen molar-refractivity contribution in [2.24, 2.45) is 0 Å². The minimum absolute atomic E-state index is 0.486. The Labute approximate surface area is 26.6 Å². The molecule has 0 amide bonds. The molecule has 0 rings (SSSR count). The lowest BCUT2D eigenvalue weighted by atomic mass is 2.92. The van der Waals surface area contributed by atoms with Crippen molar-refractivity contribution >= 4 is 0 Å². The maximum absolute atomic E-state index is 5.95. The smallest absolute Gasteiger partial charge is 0.173 e. The van der Waals surface area contributed by atoms with Gasteiger partial charge in [-0.3, -0.25) is 0 Å². The number of ether oxygens (including phenoxy) is 1. The van der Waals surface area contributed by atoms with Crippen molar-refractivity contribution < 1.29 is 4.74 Å². The van der Waals surface area contributed by atoms with E-state index in [4.69, 9.17) is 7.11 Å². The van der Waals surface area contributed by atoms with Crippen LogP contribution in [-0.4, -0.2) is 6.61 Å². The van der Waals surface area contributed by atoms with Gasteiger partial charge in [0.15, 0.2) is 7.11 Å². The molecule has 3 radical (unpaired) electrons. The average Bonchev–Trinajstić information content (AvgIpc) is 1.37. The van der Waals surface area contributed by atoms with Crippen LogP contribution in [0.15, 0.2) is 0 Å². The molecule has 0 aliphatic heterocycles. The normalized spacial score (nSPS) is 7.50. The summed E-state index contributed by atoms with van der Waals surface area (Å²) in [6, 6.07) is 0. The second-order valence-corrected chi connectivity index (χ2v) is 0.433. The topological polar surface area (TPSA) is 9.23 Å². The first kappa shape index (κ1) is 3.96. The van der Waals surface area contributed by atoms with E-state index in [2.05, 4.69) is 4.74 Å². The SMILES string of the molecule is CCO[3C]. The van der Waals surface area contributed by atoms with E-state index in [1.165, 1.54) is 0 Å². The van der Waals surface area contributed by atoms with Crippen molar-refractivity contribution in [1.29, 1.82) is 0 Å². The molecular weight excluding hydrogens is 43.0 g/mol. The molecule has 0 fully saturated rings. The van der Waals surface area contributed by atoms with E-state index in [9.17, 15) is 0 Å². The zero-order chi connectivity index (χ0) is 3.41. The van der Waals surface area contributed by atoms with Crippen molar-refractivity contribution in [3.8, 4) is 0 Å². The van der Waals surface area contributed by atoms with E-state index in [0.29, 0.717) is 6.61 Å². The fourth-order valence-electron chi connectivity index (χ4n) is 0. The van der Waals surface area contributed by atoms with Crippen LogP contribution in [0.2, 0.25) is 0 Å². The summed E-state index contributed by atoms with van der Waals surface area (Å²) in [5.41, 5.74) is 0. The summed E-state index contributed by atoms with van der Waals surface area (Å²) in [6.07, 6.45) is 0. The van der Waals surface area contributed by atoms with Crippen molar-refractivity contribution in [2.75, 3.05) is 6.61 Å². The zero-order valence-corrected chi connectivity index (χ0v) is 2.62. The summed E-state index contributed by atoms with van der Waals surface area (Å²) in [4.78, 5) is 0. The highest BCUT2D eigenvalue weighted by molar-refractivity contribution is 4.02. The van der Waals surface area contributed by atoms with Crippen LogP contribution in [0.1, 0.15) is 6.92 Å². The van der Waals surface area contributed by atoms with E-state index in [0.717, 1.165) is 0 Å². The van der Waals surface area contributed by atoms with Gasteiger partial charge in [-0.1, -0.05) is 0 Å². The Kier molecular flexibility index (Phi) is 2.93. The van der Waals surface area contributed by atoms with Gasteiger partial charge in [-0.05, 0) is 6.92 Å². The van der Waals surface area contributed by atoms with Crippen LogP contribution in [0.5, 0.6) is 0 Å². The highest BCUT2D eigenvalue weighted by atomic mass is 16.3. The molecule has 1 heteroatoms. The Morgan fingerprint density at radius 2 is 2.25 bits per heavy atom. The predicted molar refractivity (Wildman–Crippen MR) is 14.9 cm³/mol. The monoisotopic (exact) mass is 48.0 g/mol. The molecule has 0 aromatic carbocycles. The van der Waals surface area contributed by atoms with Crippen LogP contribution in [0.3, 0.4) is 0 Å². The summed E-state index contributed by atoms with van der Waals surface area (Å²) < 4.78 is 3.79. The standard InChI is InChI=1S/C3H5O/c1-3-4-2/h3H2,1H3/i2-9. The van der Waals surface area contributed by atoms with Gasteiger partial charge >= 0.3 is 0 Å². The van der Waals surface area contributed by atoms with Gasteiger partial charge in [0.1, 0.15) is 0 Å². The zero-order valence-electron chi connectivity index (χ0n) is 2.62. The Bertz CT molecular complexity index is 5.25. The maximum atomic E-state index is 5.95. The number of hydrogen-bond acceptors (Lipinski definition) is 1. The minimum atomic E-state index is 0.486. The van der Waals surface area contributed by atoms with Crippen LogP contribution < -0.4 is 0 Å². The van der Waals surface area contributed by atoms with Crippen LogP contribution in [-0.2, 0) is 4.74 Å². The number of hydrogen-bond donors (Lipinski definition) is 0. The van der Waals surface area contributed by atoms with Gasteiger partial charge in [-0.2, -0.15) is 0 Å². The molecule has 0 aliphatic rings. The lowest BCUT2D eigenvalue weighted by Crippen LogP contribution is -1.69. The fraction of sp³-hybridized carbons (Fsp3) is 0.667. The van der Waals surface area contributed by atoms with Gasteiger partial charge < -0.3 is 4.74 Å². The molecule has 0 aromatic rings. The van der Waals surface area contributed by atoms with E-state index >= 15 is 0 Å². The third-order valence-corrected chi connectivity index (χ3v) is 0.144. The second kappa shape index (κ2) is 2.96. The molecule has 23 valence electrons. The maximum Gasteiger partial charge on any atom is 0.173 e. The molecule has 0 aromatic heterocycles. The molecule has 0 unspecified atom stereocenters. The Morgan fingerprint density at radius 1 is 2.00 bits per heavy atom. The highest BCUT2D eigenvalue weighted by Crippen LogP contribution is 1.56. The van der Waals surface area contributed by atoms with Crippen LogP contribution in [0, 0.1) is 7.11 Å². The summed E-state index contributed by atoms with van der Waals surface area (Å²) in [6.45, 7) is 2.26. The first-order valence-electron chi connectivity index (χ1n) is 1.20. The lowest BCUT2D eigenvalue weighted by molar-refractivity contribution is 0.261. The summed E-state index contributed by atoms with van der Waals surface area (Å²) in [7, 11) is 5.95. The van der Waals surface area contributed by atoms with E-state index in [1.807, 2.05) is 0 Å². The third-order valence-electron chi connectivity index (χ3n) is 0.144. The van der Waals surface area contributed by atoms with Crippen molar-refractivity contribution in [2.45, 2.75) is 6.92 Å². The Morgan fingerprint density at radius 3 is 2.25 bits per heavy atom. The first-order valence-corrected chi connectivity index (χ1v) is 1.20. The van der Waals surface area contributed by atoms with Gasteiger partial charge in [0.25, 0.3) is 0 Å². The quantitative estimate of drug-likeness (QED) is 0.421. The minimum Gasteiger partial charge on any atom is -0.365 e. The van der Waals surface area contributed by atoms with Gasteiger partial charge in [0.2, 0.25) is 0 Å². The molecule has 0 saturated carbocycles. The van der Waals surface area contributed by atoms with Crippen LogP contribution in [0.25, 0.3) is 0 Å². The summed E-state index contributed by atoms with van der Waals surface area (Å²) in [5.74, 6) is 0. The van der Waals surface area contributed by atoms with Gasteiger partial charge in [-0.15, -0.1) is 0 Å². The second-order valence-electron chi connectivity index (χ2n) is 0.433. The van der Waals surface area contributed by atoms with Gasteiger partial charge in [0.05, 0.1) is 0 Å². The first-order chi connectivity index (χ1) is 1.91. The molecule has 0 spiro atoms. The Balaban J connectivity index is 1.97. The molecule has 1 nitrogen and oxygen atoms in total. The van der Waals surface area contributed by atoms with E-state index in [1.54, 1.807) is 6.92 Å². The fourth-order valence-corrected chi connectivity index (χ4v) is 0. The van der Waals surface area contributed by atoms with Crippen LogP contribution in [0.4, 0.5) is 0 Å². The van der Waals surface area contributed by atoms with Gasteiger partial charge in [-0.25, -0.2) is 0 Å². The molecule has 4 heavy (non-hydrogen) atoms. The molecule has 0 N–H and O–H groups in total. The molecule has 0 atom stereocenters. The summed E-state index contributed by atoms with van der Waals surface area (Å²) in [5, 5.41) is 0. The lowest BCUT2D eigenvalue weighted by Gasteiger charge is -1.73. The van der Waals surface area contributed by atoms with Crippen LogP contribution >= 0.6 is 0 Å². The van der Waals surface area contributed by atoms with Gasteiger partial charge in [0, 0.05) is 6.61 Å². The van der Waals surface area contributed by atoms with E-state index in [-0.39, 0.29) is 0 Å². The molecule has 0 saturated heterocycles. The van der Waals surface area contributed by atoms with Crippen molar-refractivity contribution in [1.82, 2.24) is 0 Å². The number of rotatable bonds is 1. The largest absolute Gasteiger partial charge is 0.365 e. The average molecular weight is 48.1 g/mol. The van der Waals surface area contributed by atoms with Crippen molar-refractivity contribution in [3.05, 3.63) is 7.11 Å². The third kappa shape index (κ3) is 1.96. The molecule has 0 bridgehead atoms. The molecule has 0 heterocycles.